The van der Waals surface area contributed by atoms with Crippen molar-refractivity contribution in [3.05, 3.63) is 86.9 Å². The Morgan fingerprint density at radius 3 is 2.34 bits per heavy atom. The highest BCUT2D eigenvalue weighted by atomic mass is 35.5. The molecule has 10 heteroatoms. The highest BCUT2D eigenvalue weighted by Crippen LogP contribution is 2.29. The summed E-state index contributed by atoms with van der Waals surface area (Å²) in [5.74, 6) is 0.268. The van der Waals surface area contributed by atoms with Gasteiger partial charge < -0.3 is 14.2 Å². The summed E-state index contributed by atoms with van der Waals surface area (Å²) in [6.45, 7) is 0.311. The highest BCUT2D eigenvalue weighted by Gasteiger charge is 2.13. The molecule has 0 aliphatic heterocycles. The predicted octanol–water partition coefficient (Wildman–Crippen LogP) is 6.18. The van der Waals surface area contributed by atoms with Crippen LogP contribution in [0.4, 0.5) is 0 Å². The first-order valence-corrected chi connectivity index (χ1v) is 11.5. The van der Waals surface area contributed by atoms with Gasteiger partial charge in [-0.3, -0.25) is 4.79 Å². The zero-order valence-electron chi connectivity index (χ0n) is 18.6. The van der Waals surface area contributed by atoms with E-state index in [2.05, 4.69) is 10.5 Å². The lowest BCUT2D eigenvalue weighted by Crippen LogP contribution is -2.18. The summed E-state index contributed by atoms with van der Waals surface area (Å²) in [5.41, 5.74) is 3.44. The molecule has 0 heterocycles. The van der Waals surface area contributed by atoms with Gasteiger partial charge in [-0.1, -0.05) is 34.8 Å². The molecule has 0 aromatic heterocycles. The number of carbonyl (C=O) groups is 2. The second-order valence-electron chi connectivity index (χ2n) is 7.13. The highest BCUT2D eigenvalue weighted by molar-refractivity contribution is 6.35. The van der Waals surface area contributed by atoms with E-state index in [4.69, 9.17) is 49.0 Å². The largest absolute Gasteiger partial charge is 0.493 e. The number of hydrogen-bond acceptors (Lipinski definition) is 6. The lowest BCUT2D eigenvalue weighted by atomic mass is 10.2. The number of esters is 1. The summed E-state index contributed by atoms with van der Waals surface area (Å²) in [4.78, 5) is 24.3. The summed E-state index contributed by atoms with van der Waals surface area (Å²) in [7, 11) is 1.46. The van der Waals surface area contributed by atoms with Crippen molar-refractivity contribution >= 4 is 52.9 Å². The fourth-order valence-corrected chi connectivity index (χ4v) is 3.42. The minimum atomic E-state index is -0.545. The second-order valence-corrected chi connectivity index (χ2v) is 8.41. The van der Waals surface area contributed by atoms with Crippen LogP contribution in [0.3, 0.4) is 0 Å². The molecule has 3 aromatic rings. The number of rotatable bonds is 10. The Hall–Kier alpha value is -3.26. The van der Waals surface area contributed by atoms with E-state index in [9.17, 15) is 9.59 Å². The Morgan fingerprint density at radius 2 is 1.63 bits per heavy atom. The molecule has 35 heavy (non-hydrogen) atoms. The van der Waals surface area contributed by atoms with Gasteiger partial charge in [0, 0.05) is 16.5 Å². The standard InChI is InChI=1S/C25H21Cl3N2O5/c1-33-23-13-16(4-10-22(23)35-25(32)17-5-7-18(26)8-6-17)15-29-30-24(31)3-2-12-34-21-11-9-19(27)14-20(21)28/h4-11,13-15H,2-3,12H2,1H3,(H,30,31). The third-order valence-electron chi connectivity index (χ3n) is 4.57. The molecule has 0 radical (unpaired) electrons. The first-order chi connectivity index (χ1) is 16.9. The van der Waals surface area contributed by atoms with E-state index in [-0.39, 0.29) is 18.1 Å². The van der Waals surface area contributed by atoms with Gasteiger partial charge in [-0.15, -0.1) is 0 Å². The van der Waals surface area contributed by atoms with Crippen molar-refractivity contribution in [1.82, 2.24) is 5.43 Å². The molecular weight excluding hydrogens is 515 g/mol. The van der Waals surface area contributed by atoms with Gasteiger partial charge in [0.25, 0.3) is 0 Å². The van der Waals surface area contributed by atoms with Crippen LogP contribution in [0.5, 0.6) is 17.2 Å². The Balaban J connectivity index is 1.47. The van der Waals surface area contributed by atoms with E-state index >= 15 is 0 Å². The quantitative estimate of drug-likeness (QED) is 0.110. The van der Waals surface area contributed by atoms with Crippen molar-refractivity contribution in [2.45, 2.75) is 12.8 Å². The molecule has 0 saturated heterocycles. The maximum Gasteiger partial charge on any atom is 0.343 e. The number of amides is 1. The molecule has 0 aliphatic rings. The van der Waals surface area contributed by atoms with Crippen molar-refractivity contribution in [2.75, 3.05) is 13.7 Å². The number of nitrogens with zero attached hydrogens (tertiary/aromatic N) is 1. The third-order valence-corrected chi connectivity index (χ3v) is 5.36. The van der Waals surface area contributed by atoms with E-state index < -0.39 is 5.97 Å². The molecule has 3 aromatic carbocycles. The van der Waals surface area contributed by atoms with Crippen LogP contribution in [0.1, 0.15) is 28.8 Å². The fourth-order valence-electron chi connectivity index (χ4n) is 2.84. The number of carbonyl (C=O) groups excluding carboxylic acids is 2. The molecule has 0 saturated carbocycles. The topological polar surface area (TPSA) is 86.2 Å². The average molecular weight is 536 g/mol. The molecule has 0 atom stereocenters. The zero-order valence-corrected chi connectivity index (χ0v) is 20.9. The van der Waals surface area contributed by atoms with E-state index in [0.29, 0.717) is 50.7 Å². The van der Waals surface area contributed by atoms with Crippen LogP contribution in [-0.4, -0.2) is 31.8 Å². The van der Waals surface area contributed by atoms with Gasteiger partial charge in [0.05, 0.1) is 30.5 Å². The van der Waals surface area contributed by atoms with Crippen LogP contribution in [0, 0.1) is 0 Å². The summed E-state index contributed by atoms with van der Waals surface area (Å²) in [6, 6.07) is 16.2. The molecule has 1 amide bonds. The van der Waals surface area contributed by atoms with Crippen LogP contribution in [0.15, 0.2) is 65.8 Å². The van der Waals surface area contributed by atoms with Crippen molar-refractivity contribution in [3.63, 3.8) is 0 Å². The van der Waals surface area contributed by atoms with Gasteiger partial charge >= 0.3 is 5.97 Å². The predicted molar refractivity (Wildman–Crippen MR) is 136 cm³/mol. The molecular formula is C25H21Cl3N2O5. The molecule has 0 aliphatic carbocycles. The Bertz CT molecular complexity index is 1220. The molecule has 0 fully saturated rings. The number of methoxy groups -OCH3 is 1. The molecule has 1 N–H and O–H groups in total. The van der Waals surface area contributed by atoms with E-state index in [1.54, 1.807) is 60.7 Å². The van der Waals surface area contributed by atoms with Gasteiger partial charge in [0.1, 0.15) is 5.75 Å². The zero-order chi connectivity index (χ0) is 25.2. The van der Waals surface area contributed by atoms with Crippen LogP contribution < -0.4 is 19.6 Å². The van der Waals surface area contributed by atoms with Gasteiger partial charge in [-0.2, -0.15) is 5.10 Å². The Kier molecular flexibility index (Phi) is 9.78. The van der Waals surface area contributed by atoms with Crippen molar-refractivity contribution in [3.8, 4) is 17.2 Å². The van der Waals surface area contributed by atoms with Crippen LogP contribution in [0.25, 0.3) is 0 Å². The van der Waals surface area contributed by atoms with Crippen molar-refractivity contribution in [1.29, 1.82) is 0 Å². The second kappa shape index (κ2) is 13.0. The average Bonchev–Trinajstić information content (AvgIpc) is 2.84. The van der Waals surface area contributed by atoms with Gasteiger partial charge in [-0.25, -0.2) is 10.2 Å². The normalized spacial score (nSPS) is 10.7. The van der Waals surface area contributed by atoms with Crippen LogP contribution in [0.2, 0.25) is 15.1 Å². The number of benzene rings is 3. The number of nitrogens with one attached hydrogen (secondary N) is 1. The summed E-state index contributed by atoms with van der Waals surface area (Å²) < 4.78 is 16.3. The monoisotopic (exact) mass is 534 g/mol. The van der Waals surface area contributed by atoms with Crippen LogP contribution >= 0.6 is 34.8 Å². The van der Waals surface area contributed by atoms with E-state index in [1.165, 1.54) is 13.3 Å². The first kappa shape index (κ1) is 26.3. The van der Waals surface area contributed by atoms with E-state index in [0.717, 1.165) is 0 Å². The molecule has 0 bridgehead atoms. The fraction of sp³-hybridized carbons (Fsp3) is 0.160. The minimum absolute atomic E-state index is 0.214. The summed E-state index contributed by atoms with van der Waals surface area (Å²) in [6.07, 6.45) is 2.14. The van der Waals surface area contributed by atoms with Crippen LogP contribution in [-0.2, 0) is 4.79 Å². The third kappa shape index (κ3) is 8.17. The summed E-state index contributed by atoms with van der Waals surface area (Å²) in [5, 5.41) is 5.40. The first-order valence-electron chi connectivity index (χ1n) is 10.4. The minimum Gasteiger partial charge on any atom is -0.493 e. The number of ether oxygens (including phenoxy) is 3. The summed E-state index contributed by atoms with van der Waals surface area (Å²) >= 11 is 17.7. The molecule has 7 nitrogen and oxygen atoms in total. The van der Waals surface area contributed by atoms with Crippen molar-refractivity contribution < 1.29 is 23.8 Å². The lowest BCUT2D eigenvalue weighted by molar-refractivity contribution is -0.121. The lowest BCUT2D eigenvalue weighted by Gasteiger charge is -2.10. The van der Waals surface area contributed by atoms with Gasteiger partial charge in [0.2, 0.25) is 5.91 Å². The Morgan fingerprint density at radius 1 is 0.914 bits per heavy atom. The smallest absolute Gasteiger partial charge is 0.343 e. The number of hydrogen-bond donors (Lipinski definition) is 1. The van der Waals surface area contributed by atoms with Gasteiger partial charge in [0.15, 0.2) is 11.5 Å². The van der Waals surface area contributed by atoms with Gasteiger partial charge in [-0.05, 0) is 72.6 Å². The van der Waals surface area contributed by atoms with E-state index in [1.807, 2.05) is 0 Å². The molecule has 0 unspecified atom stereocenters. The molecule has 0 spiro atoms. The molecule has 182 valence electrons. The molecule has 3 rings (SSSR count). The number of hydrazone groups is 1. The Labute approximate surface area is 217 Å². The maximum absolute atomic E-state index is 12.3. The SMILES string of the molecule is COc1cc(C=NNC(=O)CCCOc2ccc(Cl)cc2Cl)ccc1OC(=O)c1ccc(Cl)cc1. The maximum atomic E-state index is 12.3. The number of halogens is 3. The van der Waals surface area contributed by atoms with Crippen molar-refractivity contribution in [2.24, 2.45) is 5.10 Å².